The lowest BCUT2D eigenvalue weighted by Gasteiger charge is -2.23. The number of anilines is 1. The molecule has 0 saturated carbocycles. The van der Waals surface area contributed by atoms with Crippen LogP contribution in [0.25, 0.3) is 0 Å². The zero-order chi connectivity index (χ0) is 30.5. The molecule has 0 bridgehead atoms. The molecule has 0 atom stereocenters. The first-order chi connectivity index (χ1) is 20.2. The number of carboxylic acids is 1. The predicted molar refractivity (Wildman–Crippen MR) is 165 cm³/mol. The lowest BCUT2D eigenvalue weighted by Crippen LogP contribution is -2.32. The van der Waals surface area contributed by atoms with Gasteiger partial charge in [-0.15, -0.1) is 0 Å². The highest BCUT2D eigenvalue weighted by Crippen LogP contribution is 2.22. The van der Waals surface area contributed by atoms with Crippen molar-refractivity contribution >= 4 is 41.3 Å². The van der Waals surface area contributed by atoms with Crippen LogP contribution in [0.1, 0.15) is 45.7 Å². The molecule has 0 heterocycles. The number of carbonyl (C=O) groups is 3. The Morgan fingerprint density at radius 2 is 1.71 bits per heavy atom. The third kappa shape index (κ3) is 10.3. The van der Waals surface area contributed by atoms with Gasteiger partial charge in [0.05, 0.1) is 17.5 Å². The van der Waals surface area contributed by atoms with E-state index >= 15 is 0 Å². The normalized spacial score (nSPS) is 11.2. The Morgan fingerprint density at radius 3 is 2.40 bits per heavy atom. The van der Waals surface area contributed by atoms with E-state index in [-0.39, 0.29) is 11.5 Å². The first kappa shape index (κ1) is 32.3. The maximum Gasteiger partial charge on any atom is 0.341 e. The number of ether oxygens (including phenoxy) is 1. The number of hydrogen-bond acceptors (Lipinski definition) is 7. The molecule has 0 spiro atoms. The minimum atomic E-state index is -1.07. The molecule has 3 aromatic rings. The molecular formula is C31H36ClN5O5. The van der Waals surface area contributed by atoms with Crippen molar-refractivity contribution in [3.05, 3.63) is 94.0 Å². The molecule has 42 heavy (non-hydrogen) atoms. The largest absolute Gasteiger partial charge is 0.482 e. The molecule has 3 rings (SSSR count). The number of nitrogens with one attached hydrogen (secondary N) is 2. The summed E-state index contributed by atoms with van der Waals surface area (Å²) in [6.07, 6.45) is 1.42. The molecule has 0 fully saturated rings. The number of hydrazone groups is 1. The highest BCUT2D eigenvalue weighted by molar-refractivity contribution is 6.31. The molecule has 0 radical (unpaired) electrons. The molecule has 3 aromatic carbocycles. The summed E-state index contributed by atoms with van der Waals surface area (Å²) in [5, 5.41) is 15.8. The third-order valence-corrected chi connectivity index (χ3v) is 6.67. The maximum absolute atomic E-state index is 13.1. The lowest BCUT2D eigenvalue weighted by molar-refractivity contribution is -0.139. The summed E-state index contributed by atoms with van der Waals surface area (Å²) >= 11 is 6.15. The standard InChI is InChI=1S/C31H36ClN5O5/c1-4-37(5-2)16-15-36(3)20-23-7-6-8-24(17-23)30(40)34-28-14-11-25(32)18-27(28)31(41)35-33-19-22-9-12-26(13-10-22)42-21-29(38)39/h6-14,17-19H,4-5,15-16,20-21H2,1-3H3,(H,34,40)(H,35,41)(H,38,39)/b33-19+. The molecule has 3 N–H and O–H groups in total. The summed E-state index contributed by atoms with van der Waals surface area (Å²) in [4.78, 5) is 41.3. The van der Waals surface area contributed by atoms with E-state index in [0.29, 0.717) is 34.1 Å². The molecule has 10 nitrogen and oxygen atoms in total. The van der Waals surface area contributed by atoms with Crippen LogP contribution in [0.4, 0.5) is 5.69 Å². The third-order valence-electron chi connectivity index (χ3n) is 6.43. The van der Waals surface area contributed by atoms with Crippen LogP contribution < -0.4 is 15.5 Å². The van der Waals surface area contributed by atoms with Crippen LogP contribution in [-0.4, -0.2) is 78.7 Å². The van der Waals surface area contributed by atoms with E-state index in [9.17, 15) is 14.4 Å². The number of halogens is 1. The Bertz CT molecular complexity index is 1390. The van der Waals surface area contributed by atoms with Crippen LogP contribution in [0, 0.1) is 0 Å². The topological polar surface area (TPSA) is 124 Å². The van der Waals surface area contributed by atoms with E-state index in [1.165, 1.54) is 12.3 Å². The Balaban J connectivity index is 1.63. The van der Waals surface area contributed by atoms with E-state index in [1.54, 1.807) is 42.5 Å². The highest BCUT2D eigenvalue weighted by Gasteiger charge is 2.16. The number of likely N-dealkylation sites (N-methyl/N-ethyl adjacent to an activating group) is 2. The van der Waals surface area contributed by atoms with Crippen molar-refractivity contribution < 1.29 is 24.2 Å². The first-order valence-corrected chi connectivity index (χ1v) is 13.9. The molecule has 11 heteroatoms. The van der Waals surface area contributed by atoms with Gasteiger partial charge >= 0.3 is 5.97 Å². The average molecular weight is 594 g/mol. The van der Waals surface area contributed by atoms with Crippen molar-refractivity contribution in [1.29, 1.82) is 0 Å². The summed E-state index contributed by atoms with van der Waals surface area (Å²) in [6, 6.07) is 18.5. The summed E-state index contributed by atoms with van der Waals surface area (Å²) in [7, 11) is 2.06. The monoisotopic (exact) mass is 593 g/mol. The minimum Gasteiger partial charge on any atom is -0.482 e. The zero-order valence-electron chi connectivity index (χ0n) is 24.0. The van der Waals surface area contributed by atoms with E-state index in [2.05, 4.69) is 46.5 Å². The molecule has 222 valence electrons. The average Bonchev–Trinajstić information content (AvgIpc) is 2.98. The van der Waals surface area contributed by atoms with Crippen molar-refractivity contribution in [2.45, 2.75) is 20.4 Å². The van der Waals surface area contributed by atoms with E-state index in [1.807, 2.05) is 18.2 Å². The second kappa shape index (κ2) is 16.3. The van der Waals surface area contributed by atoms with E-state index in [4.69, 9.17) is 21.4 Å². The quantitative estimate of drug-likeness (QED) is 0.174. The van der Waals surface area contributed by atoms with Gasteiger partial charge in [-0.1, -0.05) is 37.6 Å². The van der Waals surface area contributed by atoms with Gasteiger partial charge in [0.2, 0.25) is 0 Å². The number of hydrogen-bond donors (Lipinski definition) is 3. The summed E-state index contributed by atoms with van der Waals surface area (Å²) in [6.45, 7) is 8.48. The second-order valence-electron chi connectivity index (χ2n) is 9.56. The highest BCUT2D eigenvalue weighted by atomic mass is 35.5. The van der Waals surface area contributed by atoms with Crippen molar-refractivity contribution in [3.8, 4) is 5.75 Å². The second-order valence-corrected chi connectivity index (χ2v) is 10.00. The van der Waals surface area contributed by atoms with Gasteiger partial charge in [-0.3, -0.25) is 9.59 Å². The number of nitrogens with zero attached hydrogens (tertiary/aromatic N) is 3. The maximum atomic E-state index is 13.1. The van der Waals surface area contributed by atoms with Gasteiger partial charge < -0.3 is 25.0 Å². The van der Waals surface area contributed by atoms with Gasteiger partial charge in [0.1, 0.15) is 5.75 Å². The van der Waals surface area contributed by atoms with Crippen LogP contribution in [0.3, 0.4) is 0 Å². The number of amides is 2. The van der Waals surface area contributed by atoms with Crippen molar-refractivity contribution in [2.75, 3.05) is 45.2 Å². The summed E-state index contributed by atoms with van der Waals surface area (Å²) < 4.78 is 5.10. The molecule has 0 unspecified atom stereocenters. The molecule has 2 amide bonds. The molecule has 0 aliphatic heterocycles. The number of carboxylic acid groups (broad SMARTS) is 1. The number of benzene rings is 3. The van der Waals surface area contributed by atoms with Gasteiger partial charge in [0, 0.05) is 30.2 Å². The Morgan fingerprint density at radius 1 is 0.976 bits per heavy atom. The zero-order valence-corrected chi connectivity index (χ0v) is 24.7. The Labute approximate surface area is 250 Å². The number of rotatable bonds is 15. The SMILES string of the molecule is CCN(CC)CCN(C)Cc1cccc(C(=O)Nc2ccc(Cl)cc2C(=O)N/N=C/c2ccc(OCC(=O)O)cc2)c1. The molecule has 0 aliphatic carbocycles. The number of carbonyl (C=O) groups excluding carboxylic acids is 2. The summed E-state index contributed by atoms with van der Waals surface area (Å²) in [5.74, 6) is -1.59. The number of aliphatic carboxylic acids is 1. The van der Waals surface area contributed by atoms with Crippen LogP contribution in [0.15, 0.2) is 71.8 Å². The lowest BCUT2D eigenvalue weighted by atomic mass is 10.1. The molecular weight excluding hydrogens is 558 g/mol. The fourth-order valence-electron chi connectivity index (χ4n) is 4.08. The van der Waals surface area contributed by atoms with Crippen molar-refractivity contribution in [2.24, 2.45) is 5.10 Å². The van der Waals surface area contributed by atoms with Gasteiger partial charge in [-0.05, 0) is 85.9 Å². The Kier molecular flexibility index (Phi) is 12.5. The van der Waals surface area contributed by atoms with Crippen LogP contribution in [0.5, 0.6) is 5.75 Å². The summed E-state index contributed by atoms with van der Waals surface area (Å²) in [5.41, 5.74) is 5.02. The smallest absolute Gasteiger partial charge is 0.341 e. The van der Waals surface area contributed by atoms with Crippen LogP contribution in [0.2, 0.25) is 5.02 Å². The van der Waals surface area contributed by atoms with Crippen LogP contribution in [-0.2, 0) is 11.3 Å². The van der Waals surface area contributed by atoms with Crippen molar-refractivity contribution in [3.63, 3.8) is 0 Å². The molecule has 0 saturated heterocycles. The van der Waals surface area contributed by atoms with Gasteiger partial charge in [-0.25, -0.2) is 10.2 Å². The predicted octanol–water partition coefficient (Wildman–Crippen LogP) is 4.59. The van der Waals surface area contributed by atoms with Gasteiger partial charge in [0.25, 0.3) is 11.8 Å². The van der Waals surface area contributed by atoms with E-state index in [0.717, 1.165) is 31.7 Å². The fraction of sp³-hybridized carbons (Fsp3) is 0.290. The first-order valence-electron chi connectivity index (χ1n) is 13.6. The van der Waals surface area contributed by atoms with Crippen LogP contribution >= 0.6 is 11.6 Å². The van der Waals surface area contributed by atoms with E-state index < -0.39 is 18.5 Å². The fourth-order valence-corrected chi connectivity index (χ4v) is 4.25. The minimum absolute atomic E-state index is 0.151. The molecule has 0 aliphatic rings. The van der Waals surface area contributed by atoms with Crippen molar-refractivity contribution in [1.82, 2.24) is 15.2 Å². The molecule has 0 aromatic heterocycles. The van der Waals surface area contributed by atoms with Gasteiger partial charge in [0.15, 0.2) is 6.61 Å². The van der Waals surface area contributed by atoms with Gasteiger partial charge in [-0.2, -0.15) is 5.10 Å². The Hall–Kier alpha value is -4.25.